The highest BCUT2D eigenvalue weighted by Crippen LogP contribution is 2.24. The minimum atomic E-state index is -0.242. The zero-order valence-corrected chi connectivity index (χ0v) is 14.0. The van der Waals surface area contributed by atoms with Gasteiger partial charge in [-0.2, -0.15) is 0 Å². The smallest absolute Gasteiger partial charge is 0.242 e. The van der Waals surface area contributed by atoms with Crippen molar-refractivity contribution in [3.8, 4) is 0 Å². The van der Waals surface area contributed by atoms with Crippen LogP contribution in [-0.2, 0) is 11.2 Å². The van der Waals surface area contributed by atoms with Crippen LogP contribution in [0.3, 0.4) is 0 Å². The lowest BCUT2D eigenvalue weighted by atomic mass is 9.87. The van der Waals surface area contributed by atoms with E-state index in [9.17, 15) is 9.90 Å². The van der Waals surface area contributed by atoms with Crippen molar-refractivity contribution >= 4 is 17.5 Å². The molecule has 0 aliphatic carbocycles. The third kappa shape index (κ3) is 4.95. The van der Waals surface area contributed by atoms with Crippen molar-refractivity contribution in [2.24, 2.45) is 11.8 Å². The highest BCUT2D eigenvalue weighted by atomic mass is 35.5. The summed E-state index contributed by atoms with van der Waals surface area (Å²) in [6.45, 7) is 5.71. The first-order valence-electron chi connectivity index (χ1n) is 7.98. The number of hydrogen-bond donors (Lipinski definition) is 2. The summed E-state index contributed by atoms with van der Waals surface area (Å²) >= 11 is 5.63. The molecule has 2 rings (SSSR count). The van der Waals surface area contributed by atoms with E-state index in [1.165, 1.54) is 0 Å². The first kappa shape index (κ1) is 17.2. The first-order chi connectivity index (χ1) is 10.5. The van der Waals surface area contributed by atoms with Gasteiger partial charge in [-0.05, 0) is 42.7 Å². The standard InChI is InChI=1S/C15H25ClN4O2/c1-10(2)9-12(21)11-5-7-20(8-6-11)14(22)4-3-13-17-15(16)19-18-13/h10-12,21H,3-9H2,1-2H3,(H,17,18,19). The number of nitrogens with zero attached hydrogens (tertiary/aromatic N) is 3. The second kappa shape index (κ2) is 7.92. The molecular weight excluding hydrogens is 304 g/mol. The van der Waals surface area contributed by atoms with Gasteiger partial charge in [-0.1, -0.05) is 13.8 Å². The fraction of sp³-hybridized carbons (Fsp3) is 0.800. The number of aliphatic hydroxyl groups excluding tert-OH is 1. The zero-order chi connectivity index (χ0) is 16.1. The third-order valence-corrected chi connectivity index (χ3v) is 4.40. The number of halogens is 1. The number of piperidine rings is 1. The number of amides is 1. The van der Waals surface area contributed by atoms with Gasteiger partial charge in [0.25, 0.3) is 0 Å². The van der Waals surface area contributed by atoms with E-state index in [0.717, 1.165) is 32.4 Å². The third-order valence-electron chi connectivity index (χ3n) is 4.23. The van der Waals surface area contributed by atoms with Crippen molar-refractivity contribution in [3.63, 3.8) is 0 Å². The average molecular weight is 329 g/mol. The predicted octanol–water partition coefficient (Wildman–Crippen LogP) is 2.04. The van der Waals surface area contributed by atoms with Gasteiger partial charge in [0.05, 0.1) is 6.10 Å². The Morgan fingerprint density at radius 3 is 2.68 bits per heavy atom. The maximum atomic E-state index is 12.2. The van der Waals surface area contributed by atoms with Crippen molar-refractivity contribution in [2.75, 3.05) is 13.1 Å². The number of H-pyrrole nitrogens is 1. The van der Waals surface area contributed by atoms with Crippen LogP contribution < -0.4 is 0 Å². The van der Waals surface area contributed by atoms with Crippen LogP contribution in [0.5, 0.6) is 0 Å². The van der Waals surface area contributed by atoms with E-state index in [0.29, 0.717) is 30.5 Å². The lowest BCUT2D eigenvalue weighted by Gasteiger charge is -2.34. The molecule has 124 valence electrons. The molecule has 1 aliphatic heterocycles. The Kier molecular flexibility index (Phi) is 6.20. The molecule has 0 spiro atoms. The van der Waals surface area contributed by atoms with Crippen molar-refractivity contribution in [1.29, 1.82) is 0 Å². The number of hydrogen-bond acceptors (Lipinski definition) is 4. The average Bonchev–Trinajstić information content (AvgIpc) is 2.90. The van der Waals surface area contributed by atoms with E-state index >= 15 is 0 Å². The molecule has 7 heteroatoms. The van der Waals surface area contributed by atoms with Crippen LogP contribution in [0.25, 0.3) is 0 Å². The summed E-state index contributed by atoms with van der Waals surface area (Å²) in [5.74, 6) is 1.59. The molecule has 1 aromatic heterocycles. The molecule has 1 amide bonds. The molecule has 1 fully saturated rings. The highest BCUT2D eigenvalue weighted by Gasteiger charge is 2.27. The van der Waals surface area contributed by atoms with E-state index in [1.807, 2.05) is 4.90 Å². The summed E-state index contributed by atoms with van der Waals surface area (Å²) in [7, 11) is 0. The maximum absolute atomic E-state index is 12.2. The van der Waals surface area contributed by atoms with Gasteiger partial charge in [-0.3, -0.25) is 9.89 Å². The van der Waals surface area contributed by atoms with Crippen molar-refractivity contribution in [2.45, 2.75) is 52.1 Å². The number of aromatic nitrogens is 3. The van der Waals surface area contributed by atoms with Gasteiger partial charge in [-0.25, -0.2) is 4.98 Å². The van der Waals surface area contributed by atoms with E-state index in [2.05, 4.69) is 29.0 Å². The normalized spacial score (nSPS) is 18.0. The summed E-state index contributed by atoms with van der Waals surface area (Å²) < 4.78 is 0. The largest absolute Gasteiger partial charge is 0.393 e. The molecule has 6 nitrogen and oxygen atoms in total. The van der Waals surface area contributed by atoms with Gasteiger partial charge in [0.15, 0.2) is 0 Å². The van der Waals surface area contributed by atoms with E-state index < -0.39 is 0 Å². The van der Waals surface area contributed by atoms with Crippen LogP contribution >= 0.6 is 11.6 Å². The lowest BCUT2D eigenvalue weighted by molar-refractivity contribution is -0.133. The first-order valence-corrected chi connectivity index (χ1v) is 8.36. The summed E-state index contributed by atoms with van der Waals surface area (Å²) in [6.07, 6.45) is 3.29. The summed E-state index contributed by atoms with van der Waals surface area (Å²) in [5.41, 5.74) is 0. The van der Waals surface area contributed by atoms with Gasteiger partial charge in [-0.15, -0.1) is 5.10 Å². The maximum Gasteiger partial charge on any atom is 0.242 e. The molecule has 1 atom stereocenters. The molecule has 1 saturated heterocycles. The van der Waals surface area contributed by atoms with Crippen LogP contribution in [0.2, 0.25) is 5.28 Å². The van der Waals surface area contributed by atoms with Crippen LogP contribution in [0, 0.1) is 11.8 Å². The second-order valence-corrected chi connectivity index (χ2v) is 6.80. The molecule has 22 heavy (non-hydrogen) atoms. The molecule has 1 unspecified atom stereocenters. The molecule has 1 aliphatic rings. The fourth-order valence-corrected chi connectivity index (χ4v) is 3.12. The van der Waals surface area contributed by atoms with Crippen LogP contribution in [0.15, 0.2) is 0 Å². The number of carbonyl (C=O) groups is 1. The van der Waals surface area contributed by atoms with Crippen LogP contribution in [0.1, 0.15) is 45.4 Å². The van der Waals surface area contributed by atoms with Gasteiger partial charge in [0.1, 0.15) is 5.82 Å². The van der Waals surface area contributed by atoms with E-state index in [4.69, 9.17) is 11.6 Å². The number of aliphatic hydroxyl groups is 1. The minimum absolute atomic E-state index is 0.129. The topological polar surface area (TPSA) is 82.1 Å². The van der Waals surface area contributed by atoms with Crippen molar-refractivity contribution in [1.82, 2.24) is 20.1 Å². The monoisotopic (exact) mass is 328 g/mol. The van der Waals surface area contributed by atoms with Crippen molar-refractivity contribution in [3.05, 3.63) is 11.1 Å². The zero-order valence-electron chi connectivity index (χ0n) is 13.3. The molecule has 2 N–H and O–H groups in total. The summed E-state index contributed by atoms with van der Waals surface area (Å²) in [6, 6.07) is 0. The number of rotatable bonds is 6. The SMILES string of the molecule is CC(C)CC(O)C1CCN(C(=O)CCc2nc(Cl)n[nH]2)CC1. The summed E-state index contributed by atoms with van der Waals surface area (Å²) in [5, 5.41) is 16.8. The molecular formula is C15H25ClN4O2. The Morgan fingerprint density at radius 2 is 2.14 bits per heavy atom. The molecule has 0 aromatic carbocycles. The van der Waals surface area contributed by atoms with Crippen LogP contribution in [-0.4, -0.2) is 50.3 Å². The van der Waals surface area contributed by atoms with Gasteiger partial charge < -0.3 is 10.0 Å². The number of aromatic amines is 1. The Morgan fingerprint density at radius 1 is 1.45 bits per heavy atom. The van der Waals surface area contributed by atoms with E-state index in [1.54, 1.807) is 0 Å². The highest BCUT2D eigenvalue weighted by molar-refractivity contribution is 6.28. The van der Waals surface area contributed by atoms with Crippen molar-refractivity contribution < 1.29 is 9.90 Å². The van der Waals surface area contributed by atoms with E-state index in [-0.39, 0.29) is 17.3 Å². The van der Waals surface area contributed by atoms with Gasteiger partial charge >= 0.3 is 0 Å². The molecule has 0 saturated carbocycles. The molecule has 0 radical (unpaired) electrons. The fourth-order valence-electron chi connectivity index (χ4n) is 2.98. The van der Waals surface area contributed by atoms with Crippen LogP contribution in [0.4, 0.5) is 0 Å². The molecule has 0 bridgehead atoms. The summed E-state index contributed by atoms with van der Waals surface area (Å²) in [4.78, 5) is 18.1. The second-order valence-electron chi connectivity index (χ2n) is 6.47. The quantitative estimate of drug-likeness (QED) is 0.837. The Hall–Kier alpha value is -1.14. The Balaban J connectivity index is 1.72. The lowest BCUT2D eigenvalue weighted by Crippen LogP contribution is -2.41. The Labute approximate surface area is 136 Å². The number of carbonyl (C=O) groups excluding carboxylic acids is 1. The number of likely N-dealkylation sites (tertiary alicyclic amines) is 1. The number of nitrogens with one attached hydrogen (secondary N) is 1. The molecule has 1 aromatic rings. The minimum Gasteiger partial charge on any atom is -0.393 e. The van der Waals surface area contributed by atoms with Gasteiger partial charge in [0.2, 0.25) is 11.2 Å². The Bertz CT molecular complexity index is 484. The molecule has 2 heterocycles. The van der Waals surface area contributed by atoms with Gasteiger partial charge in [0, 0.05) is 25.9 Å². The predicted molar refractivity (Wildman–Crippen MR) is 84.5 cm³/mol. The number of aryl methyl sites for hydroxylation is 1.